The number of hydrogen-bond donors (Lipinski definition) is 4. The first kappa shape index (κ1) is 23.9. The summed E-state index contributed by atoms with van der Waals surface area (Å²) in [5, 5.41) is 30.3. The summed E-state index contributed by atoms with van der Waals surface area (Å²) in [5.41, 5.74) is -1.40. The molecule has 8 nitrogen and oxygen atoms in total. The summed E-state index contributed by atoms with van der Waals surface area (Å²) in [6.07, 6.45) is 3.80. The van der Waals surface area contributed by atoms with E-state index in [4.69, 9.17) is 5.11 Å². The smallest absolute Gasteiger partial charge is 0.338 e. The standard InChI is InChI=1S/C24H24FNO7/c1-24(2)7-5-12(6-8-24)13-3-4-14(21(28)29)19(9-13)26-20(27)15-11-18(25)17(23(32)33)10-16(15)22(30)31/h3-4,9-12H,5-8H2,1-2H3,(H,26,27)(H,28,29)(H,30,31)(H,32,33). The molecule has 3 rings (SSSR count). The molecular weight excluding hydrogens is 433 g/mol. The van der Waals surface area contributed by atoms with Crippen molar-refractivity contribution in [1.82, 2.24) is 0 Å². The summed E-state index contributed by atoms with van der Waals surface area (Å²) in [7, 11) is 0. The number of carbonyl (C=O) groups excluding carboxylic acids is 1. The van der Waals surface area contributed by atoms with Gasteiger partial charge in [-0.05, 0) is 66.8 Å². The van der Waals surface area contributed by atoms with E-state index in [1.165, 1.54) is 6.07 Å². The Morgan fingerprint density at radius 3 is 1.97 bits per heavy atom. The topological polar surface area (TPSA) is 141 Å². The predicted molar refractivity (Wildman–Crippen MR) is 117 cm³/mol. The molecule has 2 aromatic carbocycles. The van der Waals surface area contributed by atoms with Crippen LogP contribution in [0, 0.1) is 11.2 Å². The summed E-state index contributed by atoms with van der Waals surface area (Å²) in [6, 6.07) is 5.71. The first-order valence-corrected chi connectivity index (χ1v) is 10.4. The van der Waals surface area contributed by atoms with Gasteiger partial charge in [0, 0.05) is 0 Å². The van der Waals surface area contributed by atoms with Crippen LogP contribution in [0.5, 0.6) is 0 Å². The second-order valence-electron chi connectivity index (χ2n) is 8.99. The molecule has 0 aliphatic heterocycles. The average Bonchev–Trinajstić information content (AvgIpc) is 2.72. The van der Waals surface area contributed by atoms with Crippen molar-refractivity contribution >= 4 is 29.5 Å². The second-order valence-corrected chi connectivity index (χ2v) is 8.99. The van der Waals surface area contributed by atoms with Crippen molar-refractivity contribution in [2.75, 3.05) is 5.32 Å². The Bertz CT molecular complexity index is 1150. The van der Waals surface area contributed by atoms with Crippen LogP contribution in [-0.2, 0) is 0 Å². The molecule has 0 atom stereocenters. The van der Waals surface area contributed by atoms with Crippen LogP contribution in [0.2, 0.25) is 0 Å². The van der Waals surface area contributed by atoms with Crippen LogP contribution >= 0.6 is 0 Å². The summed E-state index contributed by atoms with van der Waals surface area (Å²) in [4.78, 5) is 47.2. The summed E-state index contributed by atoms with van der Waals surface area (Å²) >= 11 is 0. The number of rotatable bonds is 6. The molecule has 9 heteroatoms. The highest BCUT2D eigenvalue weighted by molar-refractivity contribution is 6.13. The van der Waals surface area contributed by atoms with Crippen LogP contribution in [0.25, 0.3) is 0 Å². The molecule has 4 N–H and O–H groups in total. The lowest BCUT2D eigenvalue weighted by atomic mass is 9.71. The largest absolute Gasteiger partial charge is 0.478 e. The molecule has 1 saturated carbocycles. The van der Waals surface area contributed by atoms with Gasteiger partial charge in [-0.15, -0.1) is 0 Å². The van der Waals surface area contributed by atoms with Crippen molar-refractivity contribution in [2.45, 2.75) is 45.4 Å². The van der Waals surface area contributed by atoms with Gasteiger partial charge in [-0.2, -0.15) is 0 Å². The zero-order valence-electron chi connectivity index (χ0n) is 18.1. The zero-order valence-corrected chi connectivity index (χ0v) is 18.1. The van der Waals surface area contributed by atoms with Gasteiger partial charge in [-0.3, -0.25) is 4.79 Å². The Hall–Kier alpha value is -3.75. The molecule has 0 heterocycles. The number of carboxylic acid groups (broad SMARTS) is 3. The van der Waals surface area contributed by atoms with Crippen molar-refractivity contribution < 1.29 is 38.9 Å². The molecule has 0 unspecified atom stereocenters. The number of benzene rings is 2. The number of anilines is 1. The number of hydrogen-bond acceptors (Lipinski definition) is 4. The fourth-order valence-electron chi connectivity index (χ4n) is 4.13. The maximum Gasteiger partial charge on any atom is 0.338 e. The molecule has 1 fully saturated rings. The molecule has 0 saturated heterocycles. The van der Waals surface area contributed by atoms with Gasteiger partial charge in [0.15, 0.2) is 0 Å². The first-order chi connectivity index (χ1) is 15.4. The van der Waals surface area contributed by atoms with E-state index >= 15 is 0 Å². The van der Waals surface area contributed by atoms with Gasteiger partial charge in [0.25, 0.3) is 5.91 Å². The van der Waals surface area contributed by atoms with Crippen molar-refractivity contribution in [1.29, 1.82) is 0 Å². The van der Waals surface area contributed by atoms with E-state index < -0.39 is 46.3 Å². The van der Waals surface area contributed by atoms with Gasteiger partial charge in [0.1, 0.15) is 5.82 Å². The summed E-state index contributed by atoms with van der Waals surface area (Å²) < 4.78 is 14.2. The van der Waals surface area contributed by atoms with Crippen LogP contribution in [0.15, 0.2) is 30.3 Å². The van der Waals surface area contributed by atoms with Crippen LogP contribution < -0.4 is 5.32 Å². The fourth-order valence-corrected chi connectivity index (χ4v) is 4.13. The van der Waals surface area contributed by atoms with E-state index in [-0.39, 0.29) is 22.6 Å². The van der Waals surface area contributed by atoms with Crippen LogP contribution in [0.1, 0.15) is 92.4 Å². The quantitative estimate of drug-likeness (QED) is 0.485. The van der Waals surface area contributed by atoms with Crippen molar-refractivity contribution in [2.24, 2.45) is 5.41 Å². The average molecular weight is 457 g/mol. The lowest BCUT2D eigenvalue weighted by molar-refractivity contribution is 0.0678. The lowest BCUT2D eigenvalue weighted by Gasteiger charge is -2.34. The fraction of sp³-hybridized carbons (Fsp3) is 0.333. The Morgan fingerprint density at radius 1 is 0.848 bits per heavy atom. The Morgan fingerprint density at radius 2 is 1.42 bits per heavy atom. The minimum atomic E-state index is -1.68. The highest BCUT2D eigenvalue weighted by Gasteiger charge is 2.29. The lowest BCUT2D eigenvalue weighted by Crippen LogP contribution is -2.21. The van der Waals surface area contributed by atoms with Gasteiger partial charge in [-0.1, -0.05) is 19.9 Å². The number of amides is 1. The van der Waals surface area contributed by atoms with E-state index in [0.29, 0.717) is 12.1 Å². The molecule has 0 bridgehead atoms. The Kier molecular flexibility index (Phi) is 6.53. The van der Waals surface area contributed by atoms with Gasteiger partial charge in [0.2, 0.25) is 0 Å². The SMILES string of the molecule is CC1(C)CCC(c2ccc(C(=O)O)c(NC(=O)c3cc(F)c(C(=O)O)cc3C(=O)O)c2)CC1. The highest BCUT2D eigenvalue weighted by atomic mass is 19.1. The molecule has 0 radical (unpaired) electrons. The van der Waals surface area contributed by atoms with Gasteiger partial charge in [-0.25, -0.2) is 18.8 Å². The van der Waals surface area contributed by atoms with Crippen molar-refractivity contribution in [3.8, 4) is 0 Å². The molecule has 0 spiro atoms. The van der Waals surface area contributed by atoms with Crippen LogP contribution in [0.4, 0.5) is 10.1 Å². The van der Waals surface area contributed by atoms with E-state index in [1.54, 1.807) is 12.1 Å². The van der Waals surface area contributed by atoms with Gasteiger partial charge >= 0.3 is 17.9 Å². The maximum atomic E-state index is 14.2. The third kappa shape index (κ3) is 5.19. The van der Waals surface area contributed by atoms with E-state index in [2.05, 4.69) is 19.2 Å². The number of carboxylic acids is 3. The minimum Gasteiger partial charge on any atom is -0.478 e. The number of halogens is 1. The molecule has 1 amide bonds. The van der Waals surface area contributed by atoms with Crippen molar-refractivity contribution in [3.05, 3.63) is 64.0 Å². The third-order valence-corrected chi connectivity index (χ3v) is 6.15. The second kappa shape index (κ2) is 9.01. The molecule has 1 aliphatic rings. The van der Waals surface area contributed by atoms with Crippen LogP contribution in [-0.4, -0.2) is 39.1 Å². The highest BCUT2D eigenvalue weighted by Crippen LogP contribution is 2.43. The Labute approximate surface area is 189 Å². The summed E-state index contributed by atoms with van der Waals surface area (Å²) in [6.45, 7) is 4.38. The third-order valence-electron chi connectivity index (χ3n) is 6.15. The zero-order chi connectivity index (χ0) is 24.5. The molecule has 0 aromatic heterocycles. The maximum absolute atomic E-state index is 14.2. The summed E-state index contributed by atoms with van der Waals surface area (Å²) in [5.74, 6) is -6.77. The van der Waals surface area contributed by atoms with Crippen molar-refractivity contribution in [3.63, 3.8) is 0 Å². The molecule has 1 aliphatic carbocycles. The predicted octanol–water partition coefficient (Wildman–Crippen LogP) is 4.86. The Balaban J connectivity index is 1.97. The van der Waals surface area contributed by atoms with E-state index in [0.717, 1.165) is 31.2 Å². The number of aromatic carboxylic acids is 3. The van der Waals surface area contributed by atoms with E-state index in [1.807, 2.05) is 0 Å². The molecule has 174 valence electrons. The minimum absolute atomic E-state index is 0.0473. The molecule has 2 aromatic rings. The van der Waals surface area contributed by atoms with Crippen LogP contribution in [0.3, 0.4) is 0 Å². The monoisotopic (exact) mass is 457 g/mol. The molecule has 33 heavy (non-hydrogen) atoms. The van der Waals surface area contributed by atoms with Gasteiger partial charge in [0.05, 0.1) is 27.9 Å². The van der Waals surface area contributed by atoms with Gasteiger partial charge < -0.3 is 20.6 Å². The molecular formula is C24H24FNO7. The van der Waals surface area contributed by atoms with E-state index in [9.17, 15) is 33.8 Å². The normalized spacial score (nSPS) is 15.6. The number of nitrogens with one attached hydrogen (secondary N) is 1. The number of carbonyl (C=O) groups is 4. The first-order valence-electron chi connectivity index (χ1n) is 10.4.